The van der Waals surface area contributed by atoms with Crippen LogP contribution in [0.3, 0.4) is 0 Å². The van der Waals surface area contributed by atoms with E-state index in [0.717, 1.165) is 5.56 Å². The van der Waals surface area contributed by atoms with Gasteiger partial charge in [0.2, 0.25) is 11.6 Å². The number of aliphatic imine (C=N–C) groups is 1. The highest BCUT2D eigenvalue weighted by molar-refractivity contribution is 8.15. The van der Waals surface area contributed by atoms with Crippen molar-refractivity contribution in [2.24, 2.45) is 10.9 Å². The zero-order chi connectivity index (χ0) is 15.5. The first-order valence-corrected chi connectivity index (χ1v) is 7.94. The average molecular weight is 318 g/mol. The van der Waals surface area contributed by atoms with Crippen molar-refractivity contribution in [3.8, 4) is 5.75 Å². The molecule has 0 N–H and O–H groups in total. The van der Waals surface area contributed by atoms with Crippen molar-refractivity contribution in [3.05, 3.63) is 29.8 Å². The highest BCUT2D eigenvalue weighted by Crippen LogP contribution is 2.52. The molecule has 22 heavy (non-hydrogen) atoms. The maximum atomic E-state index is 12.4. The summed E-state index contributed by atoms with van der Waals surface area (Å²) in [6, 6.07) is 7.02. The monoisotopic (exact) mass is 318 g/mol. The third-order valence-corrected chi connectivity index (χ3v) is 5.23. The molecule has 1 aromatic carbocycles. The average Bonchev–Trinajstić information content (AvgIpc) is 2.85. The number of rotatable bonds is 1. The minimum absolute atomic E-state index is 0.0404. The molecule has 6 nitrogen and oxygen atoms in total. The van der Waals surface area contributed by atoms with Crippen molar-refractivity contribution >= 4 is 28.8 Å². The van der Waals surface area contributed by atoms with Crippen LogP contribution in [-0.4, -0.2) is 40.5 Å². The molecule has 1 aromatic rings. The fraction of sp³-hybridized carbons (Fsp3) is 0.400. The van der Waals surface area contributed by atoms with E-state index >= 15 is 0 Å². The summed E-state index contributed by atoms with van der Waals surface area (Å²) in [6.07, 6.45) is 0. The lowest BCUT2D eigenvalue weighted by molar-refractivity contribution is -0.161. The zero-order valence-corrected chi connectivity index (χ0v) is 12.9. The topological polar surface area (TPSA) is 68.2 Å². The minimum atomic E-state index is -1.06. The van der Waals surface area contributed by atoms with Gasteiger partial charge in [-0.3, -0.25) is 14.5 Å². The van der Waals surface area contributed by atoms with Gasteiger partial charge in [0.25, 0.3) is 0 Å². The molecule has 1 amide bonds. The van der Waals surface area contributed by atoms with Crippen molar-refractivity contribution in [1.29, 1.82) is 0 Å². The van der Waals surface area contributed by atoms with E-state index in [4.69, 9.17) is 9.47 Å². The highest BCUT2D eigenvalue weighted by atomic mass is 32.2. The first-order valence-electron chi connectivity index (χ1n) is 6.95. The molecule has 0 aliphatic carbocycles. The van der Waals surface area contributed by atoms with Crippen molar-refractivity contribution < 1.29 is 19.1 Å². The van der Waals surface area contributed by atoms with E-state index in [2.05, 4.69) is 4.99 Å². The molecule has 7 heteroatoms. The molecule has 2 bridgehead atoms. The molecule has 1 fully saturated rings. The molecule has 0 spiro atoms. The molecule has 114 valence electrons. The summed E-state index contributed by atoms with van der Waals surface area (Å²) in [7, 11) is 1.34. The normalized spacial score (nSPS) is 31.8. The van der Waals surface area contributed by atoms with Crippen LogP contribution in [0.25, 0.3) is 0 Å². The third-order valence-electron chi connectivity index (χ3n) is 4.30. The Kier molecular flexibility index (Phi) is 2.78. The molecule has 4 rings (SSSR count). The molecule has 3 aliphatic rings. The molecule has 0 unspecified atom stereocenters. The van der Waals surface area contributed by atoms with Crippen LogP contribution in [0, 0.1) is 5.92 Å². The Balaban J connectivity index is 1.97. The number of esters is 1. The number of thioether (sulfide) groups is 1. The molecule has 0 radical (unpaired) electrons. The number of nitrogens with zero attached hydrogens (tertiary/aromatic N) is 2. The summed E-state index contributed by atoms with van der Waals surface area (Å²) >= 11 is 1.38. The van der Waals surface area contributed by atoms with Gasteiger partial charge in [0.1, 0.15) is 11.7 Å². The number of carbonyl (C=O) groups is 2. The molecule has 3 heterocycles. The number of hydrogen-bond donors (Lipinski definition) is 0. The van der Waals surface area contributed by atoms with Gasteiger partial charge < -0.3 is 9.47 Å². The first-order chi connectivity index (χ1) is 10.5. The third kappa shape index (κ3) is 1.65. The van der Waals surface area contributed by atoms with Crippen molar-refractivity contribution in [2.45, 2.75) is 18.7 Å². The van der Waals surface area contributed by atoms with Crippen molar-refractivity contribution in [2.75, 3.05) is 12.9 Å². The number of para-hydroxylation sites is 1. The number of benzene rings is 1. The Hall–Kier alpha value is -2.02. The number of amidine groups is 1. The van der Waals surface area contributed by atoms with Crippen LogP contribution >= 0.6 is 11.8 Å². The SMILES string of the molecule is COC(=O)[C@@H]1[C@H]2c3ccccc3O[C@@]1(C)N=C1SCC(=O)N12. The maximum Gasteiger partial charge on any atom is 0.317 e. The van der Waals surface area contributed by atoms with E-state index in [1.54, 1.807) is 11.8 Å². The van der Waals surface area contributed by atoms with Gasteiger partial charge in [-0.15, -0.1) is 0 Å². The van der Waals surface area contributed by atoms with Gasteiger partial charge in [0.05, 0.1) is 18.9 Å². The van der Waals surface area contributed by atoms with Gasteiger partial charge in [0.15, 0.2) is 5.17 Å². The van der Waals surface area contributed by atoms with Crippen LogP contribution < -0.4 is 4.74 Å². The summed E-state index contributed by atoms with van der Waals surface area (Å²) < 4.78 is 11.0. The van der Waals surface area contributed by atoms with Crippen LogP contribution in [0.15, 0.2) is 29.3 Å². The van der Waals surface area contributed by atoms with Crippen LogP contribution in [0.2, 0.25) is 0 Å². The second-order valence-corrected chi connectivity index (χ2v) is 6.53. The van der Waals surface area contributed by atoms with Crippen LogP contribution in [0.1, 0.15) is 18.5 Å². The van der Waals surface area contributed by atoms with Gasteiger partial charge in [-0.2, -0.15) is 0 Å². The van der Waals surface area contributed by atoms with Gasteiger partial charge in [-0.05, 0) is 13.0 Å². The quantitative estimate of drug-likeness (QED) is 0.735. The first kappa shape index (κ1) is 13.6. The Morgan fingerprint density at radius 3 is 3.05 bits per heavy atom. The van der Waals surface area contributed by atoms with Gasteiger partial charge in [-0.25, -0.2) is 4.99 Å². The number of amides is 1. The second kappa shape index (κ2) is 4.49. The van der Waals surface area contributed by atoms with E-state index in [-0.39, 0.29) is 5.91 Å². The lowest BCUT2D eigenvalue weighted by Crippen LogP contribution is -2.59. The van der Waals surface area contributed by atoms with E-state index in [1.807, 2.05) is 24.3 Å². The Morgan fingerprint density at radius 2 is 2.27 bits per heavy atom. The van der Waals surface area contributed by atoms with E-state index < -0.39 is 23.7 Å². The molecule has 3 atom stereocenters. The number of fused-ring (bicyclic) bond motifs is 6. The summed E-state index contributed by atoms with van der Waals surface area (Å²) in [6.45, 7) is 1.77. The van der Waals surface area contributed by atoms with Crippen molar-refractivity contribution in [3.63, 3.8) is 0 Å². The van der Waals surface area contributed by atoms with Crippen molar-refractivity contribution in [1.82, 2.24) is 4.90 Å². The summed E-state index contributed by atoms with van der Waals surface area (Å²) in [5.74, 6) is -0.154. The van der Waals surface area contributed by atoms with Crippen LogP contribution in [0.5, 0.6) is 5.75 Å². The Morgan fingerprint density at radius 1 is 1.50 bits per heavy atom. The predicted molar refractivity (Wildman–Crippen MR) is 80.5 cm³/mol. The smallest absolute Gasteiger partial charge is 0.317 e. The highest BCUT2D eigenvalue weighted by Gasteiger charge is 2.59. The number of methoxy groups -OCH3 is 1. The van der Waals surface area contributed by atoms with Gasteiger partial charge >= 0.3 is 5.97 Å². The largest absolute Gasteiger partial charge is 0.469 e. The van der Waals surface area contributed by atoms with Gasteiger partial charge in [-0.1, -0.05) is 30.0 Å². The number of hydrogen-bond acceptors (Lipinski definition) is 6. The standard InChI is InChI=1S/C15H14N2O4S/c1-15-11(13(19)20-2)12(8-5-3-4-6-9(8)21-15)17-10(18)7-22-14(17)16-15/h3-6,11-12H,7H2,1-2H3/t11-,12+,15+/m0/s1. The van der Waals surface area contributed by atoms with E-state index in [9.17, 15) is 9.59 Å². The Labute approximate surface area is 131 Å². The molecule has 0 aromatic heterocycles. The molecular formula is C15H14N2O4S. The maximum absolute atomic E-state index is 12.4. The zero-order valence-electron chi connectivity index (χ0n) is 12.1. The lowest BCUT2D eigenvalue weighted by Gasteiger charge is -2.48. The second-order valence-electron chi connectivity index (χ2n) is 5.59. The number of ether oxygens (including phenoxy) is 2. The van der Waals surface area contributed by atoms with Crippen LogP contribution in [0.4, 0.5) is 0 Å². The summed E-state index contributed by atoms with van der Waals surface area (Å²) in [4.78, 5) is 30.9. The van der Waals surface area contributed by atoms with E-state index in [1.165, 1.54) is 18.9 Å². The number of carbonyl (C=O) groups excluding carboxylic acids is 2. The summed E-state index contributed by atoms with van der Waals surface area (Å²) in [5.41, 5.74) is -0.242. The van der Waals surface area contributed by atoms with Gasteiger partial charge in [0, 0.05) is 5.56 Å². The Bertz CT molecular complexity index is 719. The predicted octanol–water partition coefficient (Wildman–Crippen LogP) is 1.57. The molecule has 3 aliphatic heterocycles. The molecule has 1 saturated heterocycles. The molecule has 0 saturated carbocycles. The van der Waals surface area contributed by atoms with Crippen LogP contribution in [-0.2, 0) is 14.3 Å². The fourth-order valence-corrected chi connectivity index (χ4v) is 4.35. The lowest BCUT2D eigenvalue weighted by atomic mass is 9.80. The minimum Gasteiger partial charge on any atom is -0.469 e. The summed E-state index contributed by atoms with van der Waals surface area (Å²) in [5, 5.41) is 0.618. The van der Waals surface area contributed by atoms with E-state index in [0.29, 0.717) is 16.7 Å². The molecular weight excluding hydrogens is 304 g/mol. The fourth-order valence-electron chi connectivity index (χ4n) is 3.35.